The number of fused-ring (bicyclic) bond motifs is 1. The van der Waals surface area contributed by atoms with Gasteiger partial charge < -0.3 is 19.3 Å². The first-order valence-corrected chi connectivity index (χ1v) is 7.08. The van der Waals surface area contributed by atoms with Crippen LogP contribution in [0.4, 0.5) is 5.69 Å². The molecule has 6 heteroatoms. The summed E-state index contributed by atoms with van der Waals surface area (Å²) >= 11 is 0. The van der Waals surface area contributed by atoms with Gasteiger partial charge >= 0.3 is 0 Å². The Morgan fingerprint density at radius 1 is 1.24 bits per heavy atom. The van der Waals surface area contributed by atoms with Crippen LogP contribution in [-0.4, -0.2) is 50.1 Å². The summed E-state index contributed by atoms with van der Waals surface area (Å²) in [6.45, 7) is 1.85. The van der Waals surface area contributed by atoms with Crippen molar-refractivity contribution in [2.45, 2.75) is 12.8 Å². The van der Waals surface area contributed by atoms with E-state index in [0.717, 1.165) is 13.0 Å². The van der Waals surface area contributed by atoms with E-state index in [0.29, 0.717) is 36.7 Å². The summed E-state index contributed by atoms with van der Waals surface area (Å²) in [6.07, 6.45) is 1.52. The monoisotopic (exact) mass is 290 g/mol. The van der Waals surface area contributed by atoms with Crippen molar-refractivity contribution >= 4 is 17.5 Å². The van der Waals surface area contributed by atoms with Gasteiger partial charge in [0.15, 0.2) is 6.61 Å². The fourth-order valence-electron chi connectivity index (χ4n) is 2.72. The van der Waals surface area contributed by atoms with Crippen molar-refractivity contribution in [3.63, 3.8) is 0 Å². The molecule has 1 aromatic carbocycles. The zero-order valence-corrected chi connectivity index (χ0v) is 12.0. The van der Waals surface area contributed by atoms with Crippen molar-refractivity contribution in [2.75, 3.05) is 38.3 Å². The summed E-state index contributed by atoms with van der Waals surface area (Å²) in [5.41, 5.74) is 0.706. The van der Waals surface area contributed by atoms with Gasteiger partial charge in [0.1, 0.15) is 11.5 Å². The van der Waals surface area contributed by atoms with Gasteiger partial charge in [-0.05, 0) is 18.6 Å². The minimum atomic E-state index is -0.0950. The minimum Gasteiger partial charge on any atom is -0.497 e. The first kappa shape index (κ1) is 13.7. The molecule has 112 valence electrons. The van der Waals surface area contributed by atoms with Crippen molar-refractivity contribution in [1.82, 2.24) is 4.90 Å². The Labute approximate surface area is 123 Å². The van der Waals surface area contributed by atoms with Gasteiger partial charge in [-0.25, -0.2) is 0 Å². The van der Waals surface area contributed by atoms with E-state index in [1.807, 2.05) is 4.90 Å². The lowest BCUT2D eigenvalue weighted by atomic mass is 10.2. The molecule has 0 aromatic heterocycles. The predicted molar refractivity (Wildman–Crippen MR) is 76.7 cm³/mol. The lowest BCUT2D eigenvalue weighted by Gasteiger charge is -2.31. The number of methoxy groups -OCH3 is 1. The third-order valence-electron chi connectivity index (χ3n) is 3.87. The lowest BCUT2D eigenvalue weighted by molar-refractivity contribution is -0.128. The maximum Gasteiger partial charge on any atom is 0.265 e. The number of carbonyl (C=O) groups is 2. The maximum atomic E-state index is 12.1. The largest absolute Gasteiger partial charge is 0.497 e. The Hall–Kier alpha value is -2.24. The minimum absolute atomic E-state index is 0.0350. The Balaban J connectivity index is 1.78. The second-order valence-corrected chi connectivity index (χ2v) is 5.15. The molecule has 0 spiro atoms. The third kappa shape index (κ3) is 2.66. The highest BCUT2D eigenvalue weighted by molar-refractivity contribution is 5.98. The van der Waals surface area contributed by atoms with Crippen LogP contribution in [-0.2, 0) is 9.59 Å². The smallest absolute Gasteiger partial charge is 0.265 e. The molecule has 6 nitrogen and oxygen atoms in total. The molecule has 0 unspecified atom stereocenters. The SMILES string of the molecule is COc1ccc2c(c1)N(CCN1CCCC1=O)C(=O)CO2. The van der Waals surface area contributed by atoms with Gasteiger partial charge in [-0.1, -0.05) is 0 Å². The molecule has 1 aromatic rings. The average Bonchev–Trinajstić information content (AvgIpc) is 2.91. The molecule has 2 amide bonds. The molecule has 1 saturated heterocycles. The molecule has 0 bridgehead atoms. The van der Waals surface area contributed by atoms with E-state index in [9.17, 15) is 9.59 Å². The van der Waals surface area contributed by atoms with Gasteiger partial charge in [0.25, 0.3) is 5.91 Å². The number of hydrogen-bond acceptors (Lipinski definition) is 4. The van der Waals surface area contributed by atoms with Crippen LogP contribution in [0.1, 0.15) is 12.8 Å². The molecule has 0 radical (unpaired) electrons. The molecule has 0 N–H and O–H groups in total. The van der Waals surface area contributed by atoms with E-state index < -0.39 is 0 Å². The van der Waals surface area contributed by atoms with E-state index >= 15 is 0 Å². The van der Waals surface area contributed by atoms with E-state index in [4.69, 9.17) is 9.47 Å². The summed E-state index contributed by atoms with van der Waals surface area (Å²) in [5, 5.41) is 0. The van der Waals surface area contributed by atoms with Gasteiger partial charge in [-0.2, -0.15) is 0 Å². The van der Waals surface area contributed by atoms with Crippen molar-refractivity contribution < 1.29 is 19.1 Å². The molecule has 21 heavy (non-hydrogen) atoms. The third-order valence-corrected chi connectivity index (χ3v) is 3.87. The number of benzene rings is 1. The quantitative estimate of drug-likeness (QED) is 0.831. The Kier molecular flexibility index (Phi) is 3.68. The second kappa shape index (κ2) is 5.63. The Bertz CT molecular complexity index is 573. The number of nitrogens with zero attached hydrogens (tertiary/aromatic N) is 2. The number of hydrogen-bond donors (Lipinski definition) is 0. The zero-order chi connectivity index (χ0) is 14.8. The van der Waals surface area contributed by atoms with Crippen molar-refractivity contribution in [3.8, 4) is 11.5 Å². The van der Waals surface area contributed by atoms with Crippen LogP contribution in [0.15, 0.2) is 18.2 Å². The molecule has 2 aliphatic rings. The molecule has 2 aliphatic heterocycles. The van der Waals surface area contributed by atoms with Crippen LogP contribution < -0.4 is 14.4 Å². The molecule has 0 atom stereocenters. The number of carbonyl (C=O) groups excluding carboxylic acids is 2. The Morgan fingerprint density at radius 3 is 2.81 bits per heavy atom. The highest BCUT2D eigenvalue weighted by Crippen LogP contribution is 2.35. The van der Waals surface area contributed by atoms with Crippen LogP contribution in [0.3, 0.4) is 0 Å². The fourth-order valence-corrected chi connectivity index (χ4v) is 2.72. The summed E-state index contributed by atoms with van der Waals surface area (Å²) in [4.78, 5) is 27.2. The maximum absolute atomic E-state index is 12.1. The molecule has 3 rings (SSSR count). The predicted octanol–water partition coefficient (Wildman–Crippen LogP) is 1.04. The average molecular weight is 290 g/mol. The number of amides is 2. The highest BCUT2D eigenvalue weighted by Gasteiger charge is 2.28. The normalized spacial score (nSPS) is 17.8. The molecule has 2 heterocycles. The van der Waals surface area contributed by atoms with Crippen molar-refractivity contribution in [1.29, 1.82) is 0 Å². The summed E-state index contributed by atoms with van der Waals surface area (Å²) in [7, 11) is 1.58. The molecule has 1 fully saturated rings. The highest BCUT2D eigenvalue weighted by atomic mass is 16.5. The molecule has 0 aliphatic carbocycles. The molecular weight excluding hydrogens is 272 g/mol. The van der Waals surface area contributed by atoms with Crippen LogP contribution in [0.2, 0.25) is 0 Å². The van der Waals surface area contributed by atoms with Crippen molar-refractivity contribution in [3.05, 3.63) is 18.2 Å². The summed E-state index contributed by atoms with van der Waals surface area (Å²) < 4.78 is 10.6. The zero-order valence-electron chi connectivity index (χ0n) is 12.0. The van der Waals surface area contributed by atoms with Crippen molar-refractivity contribution in [2.24, 2.45) is 0 Å². The number of likely N-dealkylation sites (tertiary alicyclic amines) is 1. The fraction of sp³-hybridized carbons (Fsp3) is 0.467. The number of rotatable bonds is 4. The van der Waals surface area contributed by atoms with Gasteiger partial charge in [-0.3, -0.25) is 9.59 Å². The van der Waals surface area contributed by atoms with Gasteiger partial charge in [-0.15, -0.1) is 0 Å². The molecular formula is C15H18N2O4. The lowest BCUT2D eigenvalue weighted by Crippen LogP contribution is -2.43. The van der Waals surface area contributed by atoms with E-state index in [1.165, 1.54) is 0 Å². The number of ether oxygens (including phenoxy) is 2. The molecule has 0 saturated carbocycles. The van der Waals surface area contributed by atoms with E-state index in [1.54, 1.807) is 30.2 Å². The Morgan fingerprint density at radius 2 is 2.10 bits per heavy atom. The van der Waals surface area contributed by atoms with Crippen LogP contribution in [0.5, 0.6) is 11.5 Å². The summed E-state index contributed by atoms with van der Waals surface area (Å²) in [5.74, 6) is 1.42. The van der Waals surface area contributed by atoms with Gasteiger partial charge in [0.2, 0.25) is 5.91 Å². The standard InChI is InChI=1S/C15H18N2O4/c1-20-11-4-5-13-12(9-11)17(15(19)10-21-13)8-7-16-6-2-3-14(16)18/h4-5,9H,2-3,6-8,10H2,1H3. The number of anilines is 1. The van der Waals surface area contributed by atoms with Gasteiger partial charge in [0.05, 0.1) is 12.8 Å². The van der Waals surface area contributed by atoms with Crippen LogP contribution >= 0.6 is 0 Å². The van der Waals surface area contributed by atoms with Crippen LogP contribution in [0.25, 0.3) is 0 Å². The van der Waals surface area contributed by atoms with E-state index in [2.05, 4.69) is 0 Å². The van der Waals surface area contributed by atoms with Crippen LogP contribution in [0, 0.1) is 0 Å². The second-order valence-electron chi connectivity index (χ2n) is 5.15. The first-order chi connectivity index (χ1) is 10.2. The van der Waals surface area contributed by atoms with E-state index in [-0.39, 0.29) is 18.4 Å². The summed E-state index contributed by atoms with van der Waals surface area (Å²) in [6, 6.07) is 5.39. The first-order valence-electron chi connectivity index (χ1n) is 7.08. The van der Waals surface area contributed by atoms with Gasteiger partial charge in [0, 0.05) is 32.1 Å². The topological polar surface area (TPSA) is 59.1 Å².